The van der Waals surface area contributed by atoms with Crippen molar-refractivity contribution in [3.63, 3.8) is 0 Å². The Morgan fingerprint density at radius 2 is 1.70 bits per heavy atom. The highest BCUT2D eigenvalue weighted by atomic mass is 35.5. The van der Waals surface area contributed by atoms with Gasteiger partial charge in [0.25, 0.3) is 0 Å². The average Bonchev–Trinajstić information content (AvgIpc) is 2.64. The molecule has 1 heterocycles. The zero-order chi connectivity index (χ0) is 19.2. The molecule has 1 saturated heterocycles. The number of hydrogen-bond donors (Lipinski definition) is 1. The molecular weight excluding hydrogens is 360 g/mol. The van der Waals surface area contributed by atoms with Gasteiger partial charge in [-0.25, -0.2) is 0 Å². The maximum Gasteiger partial charge on any atom is 0.238 e. The number of carbonyl (C=O) groups excluding carboxylic acids is 1. The molecule has 0 saturated carbocycles. The van der Waals surface area contributed by atoms with Gasteiger partial charge in [-0.15, -0.1) is 0 Å². The first-order chi connectivity index (χ1) is 13.0. The van der Waals surface area contributed by atoms with Gasteiger partial charge in [0.2, 0.25) is 5.91 Å². The highest BCUT2D eigenvalue weighted by molar-refractivity contribution is 6.31. The second-order valence-corrected chi connectivity index (χ2v) is 7.58. The molecule has 1 fully saturated rings. The summed E-state index contributed by atoms with van der Waals surface area (Å²) in [7, 11) is 3.90. The Morgan fingerprint density at radius 3 is 2.37 bits per heavy atom. The zero-order valence-electron chi connectivity index (χ0n) is 16.0. The van der Waals surface area contributed by atoms with Crippen molar-refractivity contribution >= 4 is 28.9 Å². The van der Waals surface area contributed by atoms with Crippen LogP contribution >= 0.6 is 11.6 Å². The van der Waals surface area contributed by atoms with Crippen molar-refractivity contribution in [2.75, 3.05) is 57.0 Å². The summed E-state index contributed by atoms with van der Waals surface area (Å²) < 4.78 is 0. The maximum atomic E-state index is 12.5. The minimum atomic E-state index is -0.00289. The summed E-state index contributed by atoms with van der Waals surface area (Å²) >= 11 is 6.09. The predicted molar refractivity (Wildman–Crippen MR) is 113 cm³/mol. The molecule has 6 heteroatoms. The van der Waals surface area contributed by atoms with Gasteiger partial charge in [-0.3, -0.25) is 14.6 Å². The number of benzene rings is 2. The number of anilines is 2. The van der Waals surface area contributed by atoms with Crippen LogP contribution in [-0.2, 0) is 11.3 Å². The third-order valence-corrected chi connectivity index (χ3v) is 5.03. The van der Waals surface area contributed by atoms with E-state index in [-0.39, 0.29) is 5.91 Å². The van der Waals surface area contributed by atoms with Crippen LogP contribution in [0.3, 0.4) is 0 Å². The normalized spacial score (nSPS) is 15.5. The molecule has 0 atom stereocenters. The van der Waals surface area contributed by atoms with Gasteiger partial charge >= 0.3 is 0 Å². The number of carbonyl (C=O) groups is 1. The smallest absolute Gasteiger partial charge is 0.238 e. The quantitative estimate of drug-likeness (QED) is 0.827. The van der Waals surface area contributed by atoms with Gasteiger partial charge in [0.05, 0.1) is 17.9 Å². The summed E-state index contributed by atoms with van der Waals surface area (Å²) in [5.74, 6) is -0.00289. The van der Waals surface area contributed by atoms with Gasteiger partial charge < -0.3 is 10.2 Å². The molecule has 0 radical (unpaired) electrons. The SMILES string of the molecule is CN(C)c1ccc(Cl)cc1NC(=O)CN1CCN(Cc2ccccc2)CC1. The third kappa shape index (κ3) is 5.70. The van der Waals surface area contributed by atoms with Crippen molar-refractivity contribution < 1.29 is 4.79 Å². The van der Waals surface area contributed by atoms with Gasteiger partial charge in [0.1, 0.15) is 0 Å². The van der Waals surface area contributed by atoms with Gasteiger partial charge in [0.15, 0.2) is 0 Å². The molecule has 1 N–H and O–H groups in total. The summed E-state index contributed by atoms with van der Waals surface area (Å²) in [6, 6.07) is 16.1. The van der Waals surface area contributed by atoms with Gasteiger partial charge in [-0.1, -0.05) is 41.9 Å². The molecule has 1 aliphatic rings. The number of piperazine rings is 1. The van der Waals surface area contributed by atoms with Crippen LogP contribution in [0.2, 0.25) is 5.02 Å². The Hall–Kier alpha value is -2.08. The van der Waals surface area contributed by atoms with Crippen molar-refractivity contribution in [3.8, 4) is 0 Å². The third-order valence-electron chi connectivity index (χ3n) is 4.80. The fraction of sp³-hybridized carbons (Fsp3) is 0.381. The van der Waals surface area contributed by atoms with Gasteiger partial charge in [-0.2, -0.15) is 0 Å². The lowest BCUT2D eigenvalue weighted by molar-refractivity contribution is -0.117. The summed E-state index contributed by atoms with van der Waals surface area (Å²) in [6.45, 7) is 5.12. The minimum absolute atomic E-state index is 0.00289. The molecule has 0 aromatic heterocycles. The van der Waals surface area contributed by atoms with Crippen molar-refractivity contribution in [1.29, 1.82) is 0 Å². The van der Waals surface area contributed by atoms with Crippen molar-refractivity contribution in [2.45, 2.75) is 6.54 Å². The van der Waals surface area contributed by atoms with Crippen LogP contribution < -0.4 is 10.2 Å². The van der Waals surface area contributed by atoms with Crippen LogP contribution in [0.5, 0.6) is 0 Å². The van der Waals surface area contributed by atoms with Gasteiger partial charge in [0, 0.05) is 51.8 Å². The molecule has 5 nitrogen and oxygen atoms in total. The molecule has 2 aromatic carbocycles. The summed E-state index contributed by atoms with van der Waals surface area (Å²) in [5.41, 5.74) is 3.03. The minimum Gasteiger partial charge on any atom is -0.376 e. The summed E-state index contributed by atoms with van der Waals surface area (Å²) in [4.78, 5) is 19.1. The number of nitrogens with one attached hydrogen (secondary N) is 1. The molecule has 0 aliphatic carbocycles. The highest BCUT2D eigenvalue weighted by Crippen LogP contribution is 2.27. The van der Waals surface area contributed by atoms with E-state index >= 15 is 0 Å². The number of halogens is 1. The van der Waals surface area contributed by atoms with Crippen LogP contribution in [0.25, 0.3) is 0 Å². The Bertz CT molecular complexity index is 758. The zero-order valence-corrected chi connectivity index (χ0v) is 16.7. The number of nitrogens with zero attached hydrogens (tertiary/aromatic N) is 3. The number of rotatable bonds is 6. The fourth-order valence-corrected chi connectivity index (χ4v) is 3.51. The fourth-order valence-electron chi connectivity index (χ4n) is 3.34. The molecule has 1 amide bonds. The van der Waals surface area contributed by atoms with Gasteiger partial charge in [-0.05, 0) is 23.8 Å². The second kappa shape index (κ2) is 9.22. The first-order valence-corrected chi connectivity index (χ1v) is 9.64. The van der Waals surface area contributed by atoms with Crippen LogP contribution in [-0.4, -0.2) is 62.5 Å². The lowest BCUT2D eigenvalue weighted by atomic mass is 10.2. The predicted octanol–water partition coefficient (Wildman–Crippen LogP) is 3.16. The summed E-state index contributed by atoms with van der Waals surface area (Å²) in [6.07, 6.45) is 0. The first-order valence-electron chi connectivity index (χ1n) is 9.26. The van der Waals surface area contributed by atoms with E-state index in [1.807, 2.05) is 37.2 Å². The molecule has 1 aliphatic heterocycles. The monoisotopic (exact) mass is 386 g/mol. The second-order valence-electron chi connectivity index (χ2n) is 7.14. The topological polar surface area (TPSA) is 38.8 Å². The number of amides is 1. The lowest BCUT2D eigenvalue weighted by Gasteiger charge is -2.34. The molecule has 27 heavy (non-hydrogen) atoms. The largest absolute Gasteiger partial charge is 0.376 e. The Labute approximate surface area is 166 Å². The molecule has 3 rings (SSSR count). The summed E-state index contributed by atoms with van der Waals surface area (Å²) in [5, 5.41) is 3.63. The molecule has 0 spiro atoms. The lowest BCUT2D eigenvalue weighted by Crippen LogP contribution is -2.48. The van der Waals surface area contributed by atoms with Crippen LogP contribution in [0.4, 0.5) is 11.4 Å². The Morgan fingerprint density at radius 1 is 1.04 bits per heavy atom. The molecule has 0 unspecified atom stereocenters. The van der Waals surface area contributed by atoms with E-state index in [1.165, 1.54) is 5.56 Å². The van der Waals surface area contributed by atoms with E-state index in [2.05, 4.69) is 39.4 Å². The van der Waals surface area contributed by atoms with E-state index in [4.69, 9.17) is 11.6 Å². The molecule has 2 aromatic rings. The van der Waals surface area contributed by atoms with Crippen molar-refractivity contribution in [2.24, 2.45) is 0 Å². The van der Waals surface area contributed by atoms with Crippen LogP contribution in [0, 0.1) is 0 Å². The maximum absolute atomic E-state index is 12.5. The van der Waals surface area contributed by atoms with E-state index < -0.39 is 0 Å². The van der Waals surface area contributed by atoms with E-state index in [9.17, 15) is 4.79 Å². The van der Waals surface area contributed by atoms with Crippen molar-refractivity contribution in [1.82, 2.24) is 9.80 Å². The van der Waals surface area contributed by atoms with Crippen LogP contribution in [0.1, 0.15) is 5.56 Å². The molecule has 144 valence electrons. The Balaban J connectivity index is 1.49. The highest BCUT2D eigenvalue weighted by Gasteiger charge is 2.19. The molecule has 0 bridgehead atoms. The van der Waals surface area contributed by atoms with E-state index in [1.54, 1.807) is 6.07 Å². The Kier molecular flexibility index (Phi) is 6.72. The molecular formula is C21H27ClN4O. The average molecular weight is 387 g/mol. The van der Waals surface area contributed by atoms with E-state index in [0.29, 0.717) is 11.6 Å². The number of hydrogen-bond acceptors (Lipinski definition) is 4. The van der Waals surface area contributed by atoms with E-state index in [0.717, 1.165) is 44.1 Å². The van der Waals surface area contributed by atoms with Crippen LogP contribution in [0.15, 0.2) is 48.5 Å². The standard InChI is InChI=1S/C21H27ClN4O/c1-24(2)20-9-8-18(22)14-19(20)23-21(27)16-26-12-10-25(11-13-26)15-17-6-4-3-5-7-17/h3-9,14H,10-13,15-16H2,1-2H3,(H,23,27). The van der Waals surface area contributed by atoms with Crippen molar-refractivity contribution in [3.05, 3.63) is 59.1 Å². The first kappa shape index (κ1) is 19.7.